The van der Waals surface area contributed by atoms with E-state index in [1.165, 1.54) is 11.3 Å². The predicted octanol–water partition coefficient (Wildman–Crippen LogP) is 2.52. The molecule has 0 aliphatic carbocycles. The van der Waals surface area contributed by atoms with Gasteiger partial charge in [-0.05, 0) is 31.0 Å². The van der Waals surface area contributed by atoms with E-state index in [9.17, 15) is 9.59 Å². The first-order valence-corrected chi connectivity index (χ1v) is 9.69. The smallest absolute Gasteiger partial charge is 0.249 e. The van der Waals surface area contributed by atoms with Crippen LogP contribution in [0, 0.1) is 5.92 Å². The van der Waals surface area contributed by atoms with Crippen molar-refractivity contribution < 1.29 is 19.1 Å². The van der Waals surface area contributed by atoms with Crippen molar-refractivity contribution in [2.45, 2.75) is 32.7 Å². The predicted molar refractivity (Wildman–Crippen MR) is 99.7 cm³/mol. The summed E-state index contributed by atoms with van der Waals surface area (Å²) in [6, 6.07) is 5.09. The normalized spacial score (nSPS) is 18.2. The van der Waals surface area contributed by atoms with Crippen LogP contribution in [0.25, 0.3) is 10.6 Å². The molecule has 1 N–H and O–H groups in total. The standard InChI is InChI=1S/C18H20N4O4S/c1-10(2)17(24)22-7-3-4-12(22)15(23)19-18-21-20-16(27-18)11-5-6-13-14(8-11)26-9-25-13/h5-6,8,10,12H,3-4,7,9H2,1-2H3,(H,19,21,23)/t12-/m0/s1. The summed E-state index contributed by atoms with van der Waals surface area (Å²) < 4.78 is 10.7. The highest BCUT2D eigenvalue weighted by molar-refractivity contribution is 7.18. The number of rotatable bonds is 4. The van der Waals surface area contributed by atoms with Gasteiger partial charge in [-0.15, -0.1) is 10.2 Å². The first-order chi connectivity index (χ1) is 13.0. The molecule has 1 fully saturated rings. The Bertz CT molecular complexity index is 882. The molecule has 2 aromatic rings. The molecule has 8 nitrogen and oxygen atoms in total. The maximum atomic E-state index is 12.6. The number of hydrogen-bond donors (Lipinski definition) is 1. The van der Waals surface area contributed by atoms with E-state index >= 15 is 0 Å². The molecule has 9 heteroatoms. The van der Waals surface area contributed by atoms with Crippen LogP contribution >= 0.6 is 11.3 Å². The van der Waals surface area contributed by atoms with Crippen molar-refractivity contribution in [3.05, 3.63) is 18.2 Å². The van der Waals surface area contributed by atoms with Crippen molar-refractivity contribution in [2.24, 2.45) is 5.92 Å². The number of nitrogens with zero attached hydrogens (tertiary/aromatic N) is 3. The molecule has 2 aliphatic heterocycles. The number of likely N-dealkylation sites (tertiary alicyclic amines) is 1. The monoisotopic (exact) mass is 388 g/mol. The zero-order valence-electron chi connectivity index (χ0n) is 15.1. The molecule has 3 heterocycles. The van der Waals surface area contributed by atoms with Crippen LogP contribution in [0.2, 0.25) is 0 Å². The van der Waals surface area contributed by atoms with Gasteiger partial charge in [0, 0.05) is 18.0 Å². The molecule has 4 rings (SSSR count). The Labute approximate surface area is 160 Å². The highest BCUT2D eigenvalue weighted by Gasteiger charge is 2.35. The van der Waals surface area contributed by atoms with Gasteiger partial charge in [-0.3, -0.25) is 14.9 Å². The molecule has 27 heavy (non-hydrogen) atoms. The van der Waals surface area contributed by atoms with Crippen LogP contribution in [0.1, 0.15) is 26.7 Å². The minimum absolute atomic E-state index is 0.00552. The lowest BCUT2D eigenvalue weighted by atomic mass is 10.1. The van der Waals surface area contributed by atoms with Gasteiger partial charge in [-0.1, -0.05) is 25.2 Å². The van der Waals surface area contributed by atoms with Gasteiger partial charge in [0.2, 0.25) is 23.7 Å². The molecule has 0 bridgehead atoms. The molecule has 1 aromatic carbocycles. The molecule has 2 amide bonds. The molecule has 0 radical (unpaired) electrons. The fourth-order valence-electron chi connectivity index (χ4n) is 3.24. The Morgan fingerprint density at radius 2 is 2.07 bits per heavy atom. The van der Waals surface area contributed by atoms with E-state index in [1.54, 1.807) is 4.90 Å². The van der Waals surface area contributed by atoms with Gasteiger partial charge in [0.05, 0.1) is 0 Å². The van der Waals surface area contributed by atoms with Crippen LogP contribution in [-0.4, -0.2) is 46.3 Å². The topological polar surface area (TPSA) is 93.7 Å². The number of anilines is 1. The molecule has 0 saturated carbocycles. The first-order valence-electron chi connectivity index (χ1n) is 8.88. The average Bonchev–Trinajstić information content (AvgIpc) is 3.39. The number of ether oxygens (including phenoxy) is 2. The van der Waals surface area contributed by atoms with Gasteiger partial charge in [0.1, 0.15) is 11.0 Å². The molecular weight excluding hydrogens is 368 g/mol. The Morgan fingerprint density at radius 3 is 2.89 bits per heavy atom. The third-order valence-electron chi connectivity index (χ3n) is 4.61. The molecule has 2 aliphatic rings. The summed E-state index contributed by atoms with van der Waals surface area (Å²) in [7, 11) is 0. The molecule has 142 valence electrons. The summed E-state index contributed by atoms with van der Waals surface area (Å²) in [6.07, 6.45) is 1.49. The van der Waals surface area contributed by atoms with Crippen molar-refractivity contribution >= 4 is 28.3 Å². The summed E-state index contributed by atoms with van der Waals surface area (Å²) in [5, 5.41) is 12.1. The zero-order chi connectivity index (χ0) is 19.0. The van der Waals surface area contributed by atoms with E-state index in [0.29, 0.717) is 34.6 Å². The number of amides is 2. The van der Waals surface area contributed by atoms with E-state index < -0.39 is 6.04 Å². The van der Waals surface area contributed by atoms with E-state index in [2.05, 4.69) is 15.5 Å². The second kappa shape index (κ2) is 7.15. The third kappa shape index (κ3) is 3.46. The van der Waals surface area contributed by atoms with Crippen LogP contribution in [0.5, 0.6) is 11.5 Å². The number of nitrogens with one attached hydrogen (secondary N) is 1. The Kier molecular flexibility index (Phi) is 4.69. The molecule has 0 unspecified atom stereocenters. The molecule has 1 saturated heterocycles. The molecule has 1 aromatic heterocycles. The summed E-state index contributed by atoms with van der Waals surface area (Å²) in [5.74, 6) is 1.04. The second-order valence-corrected chi connectivity index (χ2v) is 7.79. The summed E-state index contributed by atoms with van der Waals surface area (Å²) in [6.45, 7) is 4.52. The Hall–Kier alpha value is -2.68. The van der Waals surface area contributed by atoms with E-state index in [0.717, 1.165) is 12.0 Å². The van der Waals surface area contributed by atoms with Gasteiger partial charge in [-0.2, -0.15) is 0 Å². The van der Waals surface area contributed by atoms with Gasteiger partial charge in [-0.25, -0.2) is 0 Å². The number of benzene rings is 1. The lowest BCUT2D eigenvalue weighted by Gasteiger charge is -2.25. The SMILES string of the molecule is CC(C)C(=O)N1CCC[C@H]1C(=O)Nc1nnc(-c2ccc3c(c2)OCO3)s1. The molecular formula is C18H20N4O4S. The quantitative estimate of drug-likeness (QED) is 0.865. The minimum atomic E-state index is -0.446. The van der Waals surface area contributed by atoms with E-state index in [1.807, 2.05) is 32.0 Å². The van der Waals surface area contributed by atoms with Crippen molar-refractivity contribution in [3.63, 3.8) is 0 Å². The van der Waals surface area contributed by atoms with Crippen LogP contribution in [0.15, 0.2) is 18.2 Å². The number of fused-ring (bicyclic) bond motifs is 1. The maximum absolute atomic E-state index is 12.6. The van der Waals surface area contributed by atoms with Gasteiger partial charge in [0.25, 0.3) is 0 Å². The fraction of sp³-hybridized carbons (Fsp3) is 0.444. The van der Waals surface area contributed by atoms with Gasteiger partial charge < -0.3 is 14.4 Å². The highest BCUT2D eigenvalue weighted by atomic mass is 32.1. The number of aromatic nitrogens is 2. The second-order valence-electron chi connectivity index (χ2n) is 6.81. The lowest BCUT2D eigenvalue weighted by molar-refractivity contribution is -0.139. The number of carbonyl (C=O) groups is 2. The summed E-state index contributed by atoms with van der Waals surface area (Å²) >= 11 is 1.28. The Morgan fingerprint density at radius 1 is 1.26 bits per heavy atom. The van der Waals surface area contributed by atoms with Gasteiger partial charge >= 0.3 is 0 Å². The molecule has 0 spiro atoms. The van der Waals surface area contributed by atoms with Crippen molar-refractivity contribution in [1.29, 1.82) is 0 Å². The zero-order valence-corrected chi connectivity index (χ0v) is 15.9. The largest absolute Gasteiger partial charge is 0.454 e. The maximum Gasteiger partial charge on any atom is 0.249 e. The van der Waals surface area contributed by atoms with E-state index in [4.69, 9.17) is 9.47 Å². The summed E-state index contributed by atoms with van der Waals surface area (Å²) in [5.41, 5.74) is 0.842. The van der Waals surface area contributed by atoms with Crippen molar-refractivity contribution in [1.82, 2.24) is 15.1 Å². The number of carbonyl (C=O) groups excluding carboxylic acids is 2. The van der Waals surface area contributed by atoms with Crippen molar-refractivity contribution in [3.8, 4) is 22.1 Å². The first kappa shape index (κ1) is 17.7. The van der Waals surface area contributed by atoms with E-state index in [-0.39, 0.29) is 24.5 Å². The number of hydrogen-bond acceptors (Lipinski definition) is 7. The third-order valence-corrected chi connectivity index (χ3v) is 5.49. The van der Waals surface area contributed by atoms with Crippen LogP contribution < -0.4 is 14.8 Å². The summed E-state index contributed by atoms with van der Waals surface area (Å²) in [4.78, 5) is 26.6. The van der Waals surface area contributed by atoms with Gasteiger partial charge in [0.15, 0.2) is 11.5 Å². The Balaban J connectivity index is 1.46. The minimum Gasteiger partial charge on any atom is -0.454 e. The lowest BCUT2D eigenvalue weighted by Crippen LogP contribution is -2.44. The average molecular weight is 388 g/mol. The highest BCUT2D eigenvalue weighted by Crippen LogP contribution is 2.37. The van der Waals surface area contributed by atoms with Crippen LogP contribution in [0.4, 0.5) is 5.13 Å². The van der Waals surface area contributed by atoms with Crippen LogP contribution in [-0.2, 0) is 9.59 Å². The van der Waals surface area contributed by atoms with Crippen LogP contribution in [0.3, 0.4) is 0 Å². The van der Waals surface area contributed by atoms with Crippen molar-refractivity contribution in [2.75, 3.05) is 18.7 Å². The molecule has 1 atom stereocenters. The fourth-order valence-corrected chi connectivity index (χ4v) is 3.99.